The van der Waals surface area contributed by atoms with Crippen LogP contribution in [0.25, 0.3) is 0 Å². The molecule has 6 heteroatoms. The Kier molecular flexibility index (Phi) is 5.28. The van der Waals surface area contributed by atoms with Crippen molar-refractivity contribution in [1.82, 2.24) is 5.32 Å². The minimum Gasteiger partial charge on any atom is -0.355 e. The van der Waals surface area contributed by atoms with Gasteiger partial charge in [0.1, 0.15) is 11.9 Å². The van der Waals surface area contributed by atoms with Gasteiger partial charge in [-0.05, 0) is 36.2 Å². The van der Waals surface area contributed by atoms with Gasteiger partial charge in [0.2, 0.25) is 11.8 Å². The van der Waals surface area contributed by atoms with Crippen LogP contribution in [0.1, 0.15) is 17.5 Å². The Labute approximate surface area is 151 Å². The Bertz CT molecular complexity index is 858. The van der Waals surface area contributed by atoms with Gasteiger partial charge in [-0.1, -0.05) is 24.3 Å². The number of hydrogen-bond donors (Lipinski definition) is 1. The fourth-order valence-corrected chi connectivity index (χ4v) is 3.05. The molecule has 2 amide bonds. The minimum atomic E-state index is -0.442. The highest BCUT2D eigenvalue weighted by molar-refractivity contribution is 6.01. The summed E-state index contributed by atoms with van der Waals surface area (Å²) in [6, 6.07) is 15.1. The predicted molar refractivity (Wildman–Crippen MR) is 94.7 cm³/mol. The van der Waals surface area contributed by atoms with E-state index in [1.807, 2.05) is 0 Å². The van der Waals surface area contributed by atoms with Gasteiger partial charge in [-0.2, -0.15) is 5.26 Å². The van der Waals surface area contributed by atoms with Gasteiger partial charge in [-0.25, -0.2) is 4.39 Å². The minimum absolute atomic E-state index is 0.127. The highest BCUT2D eigenvalue weighted by Crippen LogP contribution is 2.27. The molecule has 132 valence electrons. The third-order valence-corrected chi connectivity index (χ3v) is 4.44. The van der Waals surface area contributed by atoms with Crippen molar-refractivity contribution in [2.75, 3.05) is 18.0 Å². The van der Waals surface area contributed by atoms with E-state index in [0.29, 0.717) is 24.2 Å². The van der Waals surface area contributed by atoms with Crippen molar-refractivity contribution in [1.29, 1.82) is 5.26 Å². The fourth-order valence-electron chi connectivity index (χ4n) is 3.05. The van der Waals surface area contributed by atoms with Gasteiger partial charge in [0.15, 0.2) is 0 Å². The van der Waals surface area contributed by atoms with Gasteiger partial charge in [0.05, 0.1) is 17.2 Å². The molecule has 0 spiro atoms. The molecule has 0 bridgehead atoms. The molecule has 3 rings (SSSR count). The van der Waals surface area contributed by atoms with Crippen molar-refractivity contribution >= 4 is 17.5 Å². The van der Waals surface area contributed by atoms with Gasteiger partial charge < -0.3 is 10.2 Å². The number of carbonyl (C=O) groups is 2. The van der Waals surface area contributed by atoms with Crippen molar-refractivity contribution in [3.63, 3.8) is 0 Å². The van der Waals surface area contributed by atoms with Crippen LogP contribution in [0.2, 0.25) is 0 Å². The van der Waals surface area contributed by atoms with Crippen LogP contribution >= 0.6 is 0 Å². The Hall–Kier alpha value is -3.20. The van der Waals surface area contributed by atoms with Crippen molar-refractivity contribution in [2.45, 2.75) is 12.8 Å². The summed E-state index contributed by atoms with van der Waals surface area (Å²) >= 11 is 0. The Morgan fingerprint density at radius 3 is 2.69 bits per heavy atom. The molecule has 0 aliphatic carbocycles. The molecule has 1 atom stereocenters. The molecule has 1 aliphatic heterocycles. The number of nitrogens with one attached hydrogen (secondary N) is 1. The Morgan fingerprint density at radius 2 is 1.96 bits per heavy atom. The Balaban J connectivity index is 1.57. The summed E-state index contributed by atoms with van der Waals surface area (Å²) in [4.78, 5) is 26.1. The average molecular weight is 351 g/mol. The number of nitriles is 1. The molecular formula is C20H18FN3O2. The number of nitrogens with zero attached hydrogens (tertiary/aromatic N) is 2. The van der Waals surface area contributed by atoms with Crippen LogP contribution < -0.4 is 10.2 Å². The van der Waals surface area contributed by atoms with Crippen molar-refractivity contribution in [2.24, 2.45) is 5.92 Å². The molecule has 1 aliphatic rings. The van der Waals surface area contributed by atoms with Gasteiger partial charge in [0, 0.05) is 19.5 Å². The smallest absolute Gasteiger partial charge is 0.227 e. The van der Waals surface area contributed by atoms with Crippen molar-refractivity contribution in [3.05, 3.63) is 65.5 Å². The van der Waals surface area contributed by atoms with Crippen LogP contribution in [-0.2, 0) is 16.0 Å². The maximum Gasteiger partial charge on any atom is 0.227 e. The number of carbonyl (C=O) groups excluding carboxylic acids is 2. The topological polar surface area (TPSA) is 73.2 Å². The lowest BCUT2D eigenvalue weighted by Crippen LogP contribution is -2.34. The third-order valence-electron chi connectivity index (χ3n) is 4.44. The number of para-hydroxylation sites is 1. The van der Waals surface area contributed by atoms with Gasteiger partial charge in [0.25, 0.3) is 0 Å². The highest BCUT2D eigenvalue weighted by atomic mass is 19.1. The van der Waals surface area contributed by atoms with Gasteiger partial charge in [-0.15, -0.1) is 0 Å². The maximum absolute atomic E-state index is 12.9. The molecule has 0 aromatic heterocycles. The lowest BCUT2D eigenvalue weighted by atomic mass is 10.1. The molecule has 1 fully saturated rings. The summed E-state index contributed by atoms with van der Waals surface area (Å²) < 4.78 is 12.9. The summed E-state index contributed by atoms with van der Waals surface area (Å²) in [5.74, 6) is -1.08. The largest absolute Gasteiger partial charge is 0.355 e. The van der Waals surface area contributed by atoms with E-state index >= 15 is 0 Å². The maximum atomic E-state index is 12.9. The average Bonchev–Trinajstić information content (AvgIpc) is 3.05. The van der Waals surface area contributed by atoms with E-state index in [9.17, 15) is 19.2 Å². The van der Waals surface area contributed by atoms with E-state index in [4.69, 9.17) is 0 Å². The molecule has 2 aromatic rings. The van der Waals surface area contributed by atoms with E-state index in [1.54, 1.807) is 36.4 Å². The molecule has 0 radical (unpaired) electrons. The number of halogens is 1. The molecule has 1 unspecified atom stereocenters. The lowest BCUT2D eigenvalue weighted by molar-refractivity contribution is -0.126. The van der Waals surface area contributed by atoms with Crippen LogP contribution in [0, 0.1) is 23.1 Å². The first-order valence-electron chi connectivity index (χ1n) is 8.40. The summed E-state index contributed by atoms with van der Waals surface area (Å²) in [6.07, 6.45) is 0.718. The summed E-state index contributed by atoms with van der Waals surface area (Å²) in [6.45, 7) is 0.684. The molecule has 26 heavy (non-hydrogen) atoms. The van der Waals surface area contributed by atoms with E-state index in [1.165, 1.54) is 17.0 Å². The van der Waals surface area contributed by atoms with Gasteiger partial charge in [-0.3, -0.25) is 9.59 Å². The number of anilines is 1. The number of hydrogen-bond acceptors (Lipinski definition) is 3. The van der Waals surface area contributed by atoms with E-state index in [-0.39, 0.29) is 30.6 Å². The zero-order chi connectivity index (χ0) is 18.5. The molecule has 1 N–H and O–H groups in total. The standard InChI is InChI=1S/C20H18FN3O2/c21-17-7-5-14(6-8-17)9-10-23-20(26)16-11-19(25)24(13-16)18-4-2-1-3-15(18)12-22/h1-8,16H,9-11,13H2,(H,23,26). The highest BCUT2D eigenvalue weighted by Gasteiger charge is 2.35. The predicted octanol–water partition coefficient (Wildman–Crippen LogP) is 2.41. The molecule has 0 saturated carbocycles. The van der Waals surface area contributed by atoms with E-state index < -0.39 is 5.92 Å². The van der Waals surface area contributed by atoms with Crippen molar-refractivity contribution < 1.29 is 14.0 Å². The molecular weight excluding hydrogens is 333 g/mol. The zero-order valence-electron chi connectivity index (χ0n) is 14.1. The lowest BCUT2D eigenvalue weighted by Gasteiger charge is -2.18. The monoisotopic (exact) mass is 351 g/mol. The fraction of sp³-hybridized carbons (Fsp3) is 0.250. The van der Waals surface area contributed by atoms with E-state index in [2.05, 4.69) is 11.4 Å². The van der Waals surface area contributed by atoms with Crippen LogP contribution in [-0.4, -0.2) is 24.9 Å². The quantitative estimate of drug-likeness (QED) is 0.899. The summed E-state index contributed by atoms with van der Waals surface area (Å²) in [7, 11) is 0. The van der Waals surface area contributed by atoms with Crippen LogP contribution in [0.3, 0.4) is 0 Å². The summed E-state index contributed by atoms with van der Waals surface area (Å²) in [5.41, 5.74) is 1.89. The number of benzene rings is 2. The second-order valence-electron chi connectivity index (χ2n) is 6.20. The Morgan fingerprint density at radius 1 is 1.23 bits per heavy atom. The normalized spacial score (nSPS) is 16.4. The first-order chi connectivity index (χ1) is 12.6. The molecule has 2 aromatic carbocycles. The number of rotatable bonds is 5. The van der Waals surface area contributed by atoms with Gasteiger partial charge >= 0.3 is 0 Å². The third kappa shape index (κ3) is 3.89. The van der Waals surface area contributed by atoms with Crippen LogP contribution in [0.15, 0.2) is 48.5 Å². The van der Waals surface area contributed by atoms with Crippen molar-refractivity contribution in [3.8, 4) is 6.07 Å². The van der Waals surface area contributed by atoms with E-state index in [0.717, 1.165) is 5.56 Å². The number of amides is 2. The summed E-state index contributed by atoms with van der Waals surface area (Å²) in [5, 5.41) is 12.0. The van der Waals surface area contributed by atoms with Crippen LogP contribution in [0.5, 0.6) is 0 Å². The molecule has 1 saturated heterocycles. The zero-order valence-corrected chi connectivity index (χ0v) is 14.1. The second-order valence-corrected chi connectivity index (χ2v) is 6.20. The van der Waals surface area contributed by atoms with Crippen LogP contribution in [0.4, 0.5) is 10.1 Å². The first-order valence-corrected chi connectivity index (χ1v) is 8.40. The first kappa shape index (κ1) is 17.6. The molecule has 5 nitrogen and oxygen atoms in total. The molecule has 1 heterocycles. The SMILES string of the molecule is N#Cc1ccccc1N1CC(C(=O)NCCc2ccc(F)cc2)CC1=O. The second kappa shape index (κ2) is 7.79.